The fourth-order valence-corrected chi connectivity index (χ4v) is 8.03. The second kappa shape index (κ2) is 15.4. The van der Waals surface area contributed by atoms with E-state index in [2.05, 4.69) is 49.2 Å². The van der Waals surface area contributed by atoms with Crippen LogP contribution in [0.5, 0.6) is 23.0 Å². The minimum absolute atomic E-state index is 0.00796. The highest BCUT2D eigenvalue weighted by Gasteiger charge is 2.38. The number of nitrogens with one attached hydrogen (secondary N) is 1. The highest BCUT2D eigenvalue weighted by molar-refractivity contribution is 6.04. The maximum atomic E-state index is 14.0. The zero-order chi connectivity index (χ0) is 38.9. The third kappa shape index (κ3) is 7.00. The lowest BCUT2D eigenvalue weighted by molar-refractivity contribution is 0.0632. The third-order valence-electron chi connectivity index (χ3n) is 10.9. The van der Waals surface area contributed by atoms with Gasteiger partial charge in [-0.3, -0.25) is 19.6 Å². The summed E-state index contributed by atoms with van der Waals surface area (Å²) in [5.74, 6) is 1.67. The molecular weight excluding hydrogens is 707 g/mol. The zero-order valence-electron chi connectivity index (χ0n) is 32.1. The number of amides is 2. The van der Waals surface area contributed by atoms with E-state index >= 15 is 0 Å². The number of nitrogens with zero attached hydrogens (tertiary/aromatic N) is 4. The predicted molar refractivity (Wildman–Crippen MR) is 217 cm³/mol. The van der Waals surface area contributed by atoms with Gasteiger partial charge in [0.05, 0.1) is 60.2 Å². The Kier molecular flexibility index (Phi) is 10.1. The number of benzene rings is 4. The van der Waals surface area contributed by atoms with Crippen molar-refractivity contribution < 1.29 is 28.5 Å². The van der Waals surface area contributed by atoms with Crippen LogP contribution >= 0.6 is 0 Å². The van der Waals surface area contributed by atoms with Crippen molar-refractivity contribution in [2.24, 2.45) is 9.98 Å². The Morgan fingerprint density at radius 3 is 2.12 bits per heavy atom. The van der Waals surface area contributed by atoms with Crippen molar-refractivity contribution in [2.45, 2.75) is 57.9 Å². The first-order valence-corrected chi connectivity index (χ1v) is 18.9. The number of carbonyl (C=O) groups is 2. The number of allylic oxidation sites excluding steroid dienone is 2. The van der Waals surface area contributed by atoms with Gasteiger partial charge >= 0.3 is 0 Å². The highest BCUT2D eigenvalue weighted by atomic mass is 16.5. The van der Waals surface area contributed by atoms with E-state index in [-0.39, 0.29) is 43.2 Å². The first kappa shape index (κ1) is 36.6. The number of methoxy groups -OCH3 is 2. The first-order chi connectivity index (χ1) is 27.2. The van der Waals surface area contributed by atoms with Gasteiger partial charge < -0.3 is 34.1 Å². The molecule has 0 fully saturated rings. The molecule has 4 aliphatic heterocycles. The van der Waals surface area contributed by atoms with Crippen molar-refractivity contribution in [1.29, 1.82) is 0 Å². The molecule has 0 bridgehead atoms. The fraction of sp³-hybridized carbons (Fsp3) is 0.289. The Bertz CT molecular complexity index is 2310. The van der Waals surface area contributed by atoms with Crippen LogP contribution < -0.4 is 24.3 Å². The summed E-state index contributed by atoms with van der Waals surface area (Å²) in [4.78, 5) is 41.1. The summed E-state index contributed by atoms with van der Waals surface area (Å²) >= 11 is 0. The predicted octanol–water partition coefficient (Wildman–Crippen LogP) is 7.36. The number of hydrogen-bond donors (Lipinski definition) is 1. The standard InChI is InChI=1S/C45H45N5O6/c1-6-11-33(26-56-42-20-37-35(18-40(42)53-4)44(51)49-23-31-14-9-7-12-29(31)16-34(49)22-46-37)47-27(2)25-55-43-21-38-36(19-41(43)54-5)45(52)50-24-32-15-10-8-13-30(32)17-39(50)28(3)48-38/h6-15,18-22,28,34,39,48H,1,16-17,23-26H2,2-5H3/b33-11-,47-27?/t28?,34-,39-/m0/s1. The molecule has 4 aliphatic rings. The van der Waals surface area contributed by atoms with Gasteiger partial charge in [-0.1, -0.05) is 61.2 Å². The monoisotopic (exact) mass is 751 g/mol. The average Bonchev–Trinajstić information content (AvgIpc) is 3.40. The van der Waals surface area contributed by atoms with Gasteiger partial charge in [0, 0.05) is 37.5 Å². The van der Waals surface area contributed by atoms with Gasteiger partial charge in [-0.15, -0.1) is 0 Å². The van der Waals surface area contributed by atoms with Crippen molar-refractivity contribution in [2.75, 3.05) is 32.8 Å². The molecule has 11 nitrogen and oxygen atoms in total. The van der Waals surface area contributed by atoms with Crippen molar-refractivity contribution in [1.82, 2.24) is 9.80 Å². The van der Waals surface area contributed by atoms with Crippen LogP contribution in [0.2, 0.25) is 0 Å². The van der Waals surface area contributed by atoms with Gasteiger partial charge in [-0.2, -0.15) is 0 Å². The van der Waals surface area contributed by atoms with Gasteiger partial charge in [0.1, 0.15) is 13.2 Å². The van der Waals surface area contributed by atoms with Gasteiger partial charge in [0.2, 0.25) is 0 Å². The lowest BCUT2D eigenvalue weighted by atomic mass is 9.90. The Morgan fingerprint density at radius 1 is 0.821 bits per heavy atom. The molecular formula is C45H45N5O6. The highest BCUT2D eigenvalue weighted by Crippen LogP contribution is 2.40. The number of fused-ring (bicyclic) bond motifs is 6. The van der Waals surface area contributed by atoms with E-state index in [1.54, 1.807) is 44.6 Å². The summed E-state index contributed by atoms with van der Waals surface area (Å²) in [7, 11) is 3.11. The van der Waals surface area contributed by atoms with E-state index in [9.17, 15) is 9.59 Å². The molecule has 0 aromatic heterocycles. The summed E-state index contributed by atoms with van der Waals surface area (Å²) in [6, 6.07) is 23.4. The van der Waals surface area contributed by atoms with Crippen molar-refractivity contribution in [3.8, 4) is 23.0 Å². The minimum Gasteiger partial charge on any atom is -0.493 e. The summed E-state index contributed by atoms with van der Waals surface area (Å²) < 4.78 is 23.9. The molecule has 4 heterocycles. The van der Waals surface area contributed by atoms with Crippen LogP contribution in [-0.4, -0.2) is 79.1 Å². The number of ether oxygens (including phenoxy) is 4. The normalized spacial score (nSPS) is 19.8. The molecule has 3 atom stereocenters. The van der Waals surface area contributed by atoms with Crippen molar-refractivity contribution in [3.05, 3.63) is 131 Å². The molecule has 0 radical (unpaired) electrons. The quantitative estimate of drug-likeness (QED) is 0.133. The number of rotatable bonds is 10. The van der Waals surface area contributed by atoms with Crippen LogP contribution in [0.25, 0.3) is 0 Å². The number of anilines is 1. The summed E-state index contributed by atoms with van der Waals surface area (Å²) in [5, 5.41) is 3.59. The minimum atomic E-state index is -0.143. The van der Waals surface area contributed by atoms with Gasteiger partial charge in [-0.25, -0.2) is 0 Å². The Hall–Kier alpha value is -6.36. The van der Waals surface area contributed by atoms with E-state index in [1.807, 2.05) is 47.2 Å². The molecule has 1 N–H and O–H groups in total. The van der Waals surface area contributed by atoms with Crippen LogP contribution in [0.3, 0.4) is 0 Å². The molecule has 0 saturated carbocycles. The molecule has 0 saturated heterocycles. The van der Waals surface area contributed by atoms with E-state index in [4.69, 9.17) is 28.9 Å². The molecule has 11 heteroatoms. The molecule has 286 valence electrons. The van der Waals surface area contributed by atoms with Crippen LogP contribution in [0.15, 0.2) is 107 Å². The maximum absolute atomic E-state index is 14.0. The number of carbonyl (C=O) groups excluding carboxylic acids is 2. The SMILES string of the molecule is C=C/C=C(/COc1cc2c(cc1OC)C(=O)N1Cc3ccccc3C[C@H]1C=N2)N=C(C)COc1cc2c(cc1OC)C(=O)N1Cc3ccccc3C[C@H]1C(C)N2. The summed E-state index contributed by atoms with van der Waals surface area (Å²) in [5.41, 5.74) is 8.33. The second-order valence-corrected chi connectivity index (χ2v) is 14.5. The molecule has 8 rings (SSSR count). The fourth-order valence-electron chi connectivity index (χ4n) is 8.03. The van der Waals surface area contributed by atoms with Crippen LogP contribution in [0.1, 0.15) is 56.8 Å². The third-order valence-corrected chi connectivity index (χ3v) is 10.9. The van der Waals surface area contributed by atoms with Crippen molar-refractivity contribution in [3.63, 3.8) is 0 Å². The smallest absolute Gasteiger partial charge is 0.257 e. The topological polar surface area (TPSA) is 114 Å². The largest absolute Gasteiger partial charge is 0.493 e. The lowest BCUT2D eigenvalue weighted by Crippen LogP contribution is -2.49. The molecule has 4 aromatic rings. The Balaban J connectivity index is 0.965. The molecule has 0 spiro atoms. The van der Waals surface area contributed by atoms with E-state index in [1.165, 1.54) is 16.7 Å². The number of hydrogen-bond acceptors (Lipinski definition) is 9. The number of aliphatic imine (C=N–C) groups is 2. The van der Waals surface area contributed by atoms with Crippen molar-refractivity contribution >= 4 is 35.1 Å². The molecule has 1 unspecified atom stereocenters. The molecule has 0 aliphatic carbocycles. The average molecular weight is 752 g/mol. The van der Waals surface area contributed by atoms with Crippen LogP contribution in [0, 0.1) is 0 Å². The van der Waals surface area contributed by atoms with Gasteiger partial charge in [0.15, 0.2) is 23.0 Å². The Labute approximate surface area is 327 Å². The molecule has 4 aromatic carbocycles. The van der Waals surface area contributed by atoms with Crippen LogP contribution in [0.4, 0.5) is 11.4 Å². The maximum Gasteiger partial charge on any atom is 0.257 e. The molecule has 2 amide bonds. The first-order valence-electron chi connectivity index (χ1n) is 18.9. The molecule has 56 heavy (non-hydrogen) atoms. The van der Waals surface area contributed by atoms with Gasteiger partial charge in [-0.05, 0) is 67.2 Å². The zero-order valence-corrected chi connectivity index (χ0v) is 32.1. The van der Waals surface area contributed by atoms with E-state index in [0.29, 0.717) is 76.4 Å². The van der Waals surface area contributed by atoms with E-state index in [0.717, 1.165) is 12.0 Å². The van der Waals surface area contributed by atoms with E-state index < -0.39 is 0 Å². The van der Waals surface area contributed by atoms with Crippen LogP contribution in [-0.2, 0) is 25.9 Å². The second-order valence-electron chi connectivity index (χ2n) is 14.5. The lowest BCUT2D eigenvalue weighted by Gasteiger charge is -2.38. The summed E-state index contributed by atoms with van der Waals surface area (Å²) in [6.45, 7) is 9.17. The summed E-state index contributed by atoms with van der Waals surface area (Å²) in [6.07, 6.45) is 6.76. The Morgan fingerprint density at radius 2 is 1.43 bits per heavy atom. The van der Waals surface area contributed by atoms with Gasteiger partial charge in [0.25, 0.3) is 11.8 Å².